The third-order valence-corrected chi connectivity index (χ3v) is 4.18. The van der Waals surface area contributed by atoms with Gasteiger partial charge in [-0.05, 0) is 36.2 Å². The van der Waals surface area contributed by atoms with Gasteiger partial charge >= 0.3 is 5.97 Å². The van der Waals surface area contributed by atoms with Crippen LogP contribution in [0, 0.1) is 5.92 Å². The van der Waals surface area contributed by atoms with E-state index in [1.54, 1.807) is 0 Å². The Hall–Kier alpha value is -2.33. The molecule has 4 rings (SSSR count). The molecule has 0 bridgehead atoms. The summed E-state index contributed by atoms with van der Waals surface area (Å²) in [6, 6.07) is 17.3. The van der Waals surface area contributed by atoms with Gasteiger partial charge in [0.1, 0.15) is 11.5 Å². The highest BCUT2D eigenvalue weighted by atomic mass is 16.6. The highest BCUT2D eigenvalue weighted by Gasteiger charge is 2.67. The van der Waals surface area contributed by atoms with Crippen LogP contribution in [-0.4, -0.2) is 18.2 Å². The molecule has 1 saturated carbocycles. The number of ether oxygens (including phenoxy) is 3. The molecule has 2 aromatic rings. The summed E-state index contributed by atoms with van der Waals surface area (Å²) in [5, 5.41) is 0. The molecule has 2 fully saturated rings. The van der Waals surface area contributed by atoms with Crippen LogP contribution in [0.2, 0.25) is 0 Å². The van der Waals surface area contributed by atoms with Gasteiger partial charge in [-0.25, -0.2) is 4.79 Å². The monoisotopic (exact) mass is 296 g/mol. The summed E-state index contributed by atoms with van der Waals surface area (Å²) in [6.07, 6.45) is 0.784. The molecule has 2 aliphatic rings. The Morgan fingerprint density at radius 1 is 1.09 bits per heavy atom. The SMILES string of the molecule is O=C1OCC2CC12OCc1cccc(Oc2ccccc2)c1. The van der Waals surface area contributed by atoms with Gasteiger partial charge in [-0.2, -0.15) is 0 Å². The van der Waals surface area contributed by atoms with Gasteiger partial charge in [-0.1, -0.05) is 30.3 Å². The maximum atomic E-state index is 11.7. The number of hydrogen-bond acceptors (Lipinski definition) is 4. The van der Waals surface area contributed by atoms with Gasteiger partial charge in [0.15, 0.2) is 5.60 Å². The molecule has 0 spiro atoms. The first-order valence-electron chi connectivity index (χ1n) is 7.39. The van der Waals surface area contributed by atoms with Crippen LogP contribution in [0.1, 0.15) is 12.0 Å². The number of benzene rings is 2. The van der Waals surface area contributed by atoms with E-state index in [-0.39, 0.29) is 11.9 Å². The minimum atomic E-state index is -0.670. The summed E-state index contributed by atoms with van der Waals surface area (Å²) in [6.45, 7) is 0.883. The van der Waals surface area contributed by atoms with E-state index in [2.05, 4.69) is 0 Å². The molecule has 0 amide bonds. The van der Waals surface area contributed by atoms with Crippen molar-refractivity contribution in [2.24, 2.45) is 5.92 Å². The Labute approximate surface area is 128 Å². The lowest BCUT2D eigenvalue weighted by atomic mass is 10.2. The topological polar surface area (TPSA) is 44.8 Å². The van der Waals surface area contributed by atoms with E-state index < -0.39 is 5.60 Å². The predicted molar refractivity (Wildman–Crippen MR) is 79.5 cm³/mol. The molecule has 4 nitrogen and oxygen atoms in total. The Morgan fingerprint density at radius 3 is 2.64 bits per heavy atom. The molecular formula is C18H16O4. The lowest BCUT2D eigenvalue weighted by Gasteiger charge is -2.12. The Balaban J connectivity index is 1.43. The summed E-state index contributed by atoms with van der Waals surface area (Å²) < 4.78 is 16.7. The maximum Gasteiger partial charge on any atom is 0.338 e. The molecule has 2 aromatic carbocycles. The first kappa shape index (κ1) is 13.3. The lowest BCUT2D eigenvalue weighted by molar-refractivity contribution is -0.153. The van der Waals surface area contributed by atoms with Crippen molar-refractivity contribution >= 4 is 5.97 Å². The molecule has 22 heavy (non-hydrogen) atoms. The minimum absolute atomic E-state index is 0.214. The van der Waals surface area contributed by atoms with Gasteiger partial charge in [-0.3, -0.25) is 0 Å². The van der Waals surface area contributed by atoms with Crippen LogP contribution in [0.15, 0.2) is 54.6 Å². The van der Waals surface area contributed by atoms with Gasteiger partial charge in [0, 0.05) is 5.92 Å². The van der Waals surface area contributed by atoms with Gasteiger partial charge in [-0.15, -0.1) is 0 Å². The fourth-order valence-corrected chi connectivity index (χ4v) is 2.82. The van der Waals surface area contributed by atoms with Crippen LogP contribution in [0.5, 0.6) is 11.5 Å². The van der Waals surface area contributed by atoms with Crippen LogP contribution >= 0.6 is 0 Å². The molecule has 1 aliphatic carbocycles. The minimum Gasteiger partial charge on any atom is -0.463 e. The molecule has 2 unspecified atom stereocenters. The number of hydrogen-bond donors (Lipinski definition) is 0. The fraction of sp³-hybridized carbons (Fsp3) is 0.278. The largest absolute Gasteiger partial charge is 0.463 e. The average molecular weight is 296 g/mol. The van der Waals surface area contributed by atoms with E-state index in [9.17, 15) is 4.79 Å². The van der Waals surface area contributed by atoms with Gasteiger partial charge in [0.2, 0.25) is 0 Å². The van der Waals surface area contributed by atoms with Crippen LogP contribution in [-0.2, 0) is 20.9 Å². The van der Waals surface area contributed by atoms with Crippen molar-refractivity contribution in [1.82, 2.24) is 0 Å². The molecule has 1 aliphatic heterocycles. The molecule has 0 aromatic heterocycles. The van der Waals surface area contributed by atoms with Crippen LogP contribution in [0.3, 0.4) is 0 Å². The summed E-state index contributed by atoms with van der Waals surface area (Å²) in [5.74, 6) is 1.57. The molecule has 4 heteroatoms. The number of rotatable bonds is 5. The molecule has 0 radical (unpaired) electrons. The second-order valence-corrected chi connectivity index (χ2v) is 5.74. The normalized spacial score (nSPS) is 25.5. The fourth-order valence-electron chi connectivity index (χ4n) is 2.82. The third-order valence-electron chi connectivity index (χ3n) is 4.18. The van der Waals surface area contributed by atoms with Crippen molar-refractivity contribution in [3.63, 3.8) is 0 Å². The lowest BCUT2D eigenvalue weighted by Crippen LogP contribution is -2.24. The average Bonchev–Trinajstić information content (AvgIpc) is 3.19. The van der Waals surface area contributed by atoms with Crippen LogP contribution < -0.4 is 4.74 Å². The highest BCUT2D eigenvalue weighted by molar-refractivity contribution is 5.86. The van der Waals surface area contributed by atoms with Crippen LogP contribution in [0.25, 0.3) is 0 Å². The zero-order valence-corrected chi connectivity index (χ0v) is 12.0. The number of carbonyl (C=O) groups excluding carboxylic acids is 1. The smallest absolute Gasteiger partial charge is 0.338 e. The number of cyclic esters (lactones) is 1. The summed E-state index contributed by atoms with van der Waals surface area (Å²) in [7, 11) is 0. The molecule has 0 N–H and O–H groups in total. The predicted octanol–water partition coefficient (Wildman–Crippen LogP) is 3.31. The van der Waals surface area contributed by atoms with Crippen molar-refractivity contribution in [3.8, 4) is 11.5 Å². The molecular weight excluding hydrogens is 280 g/mol. The Kier molecular flexibility index (Phi) is 3.12. The molecule has 1 heterocycles. The number of fused-ring (bicyclic) bond motifs is 1. The highest BCUT2D eigenvalue weighted by Crippen LogP contribution is 2.52. The van der Waals surface area contributed by atoms with E-state index in [1.165, 1.54) is 0 Å². The Morgan fingerprint density at radius 2 is 1.91 bits per heavy atom. The van der Waals surface area contributed by atoms with E-state index in [0.29, 0.717) is 13.2 Å². The molecule has 112 valence electrons. The first-order chi connectivity index (χ1) is 10.8. The zero-order valence-electron chi connectivity index (χ0n) is 12.0. The van der Waals surface area contributed by atoms with Crippen molar-refractivity contribution < 1.29 is 19.0 Å². The second kappa shape index (κ2) is 5.14. The van der Waals surface area contributed by atoms with E-state index >= 15 is 0 Å². The standard InChI is InChI=1S/C18H16O4/c19-17-18(10-14(18)12-20-17)21-11-13-5-4-8-16(9-13)22-15-6-2-1-3-7-15/h1-9,14H,10-12H2. The zero-order chi connectivity index (χ0) is 15.0. The summed E-state index contributed by atoms with van der Waals surface area (Å²) >= 11 is 0. The van der Waals surface area contributed by atoms with Gasteiger partial charge in [0.05, 0.1) is 13.2 Å². The van der Waals surface area contributed by atoms with Crippen LogP contribution in [0.4, 0.5) is 0 Å². The summed E-state index contributed by atoms with van der Waals surface area (Å²) in [4.78, 5) is 11.7. The Bertz CT molecular complexity index is 697. The van der Waals surface area contributed by atoms with Gasteiger partial charge in [0.25, 0.3) is 0 Å². The summed E-state index contributed by atoms with van der Waals surface area (Å²) in [5.41, 5.74) is 0.309. The quantitative estimate of drug-likeness (QED) is 0.794. The van der Waals surface area contributed by atoms with Crippen molar-refractivity contribution in [2.75, 3.05) is 6.61 Å². The van der Waals surface area contributed by atoms with Gasteiger partial charge < -0.3 is 14.2 Å². The molecule has 1 saturated heterocycles. The van der Waals surface area contributed by atoms with E-state index in [0.717, 1.165) is 23.5 Å². The maximum absolute atomic E-state index is 11.7. The van der Waals surface area contributed by atoms with Crippen molar-refractivity contribution in [3.05, 3.63) is 60.2 Å². The van der Waals surface area contributed by atoms with E-state index in [1.807, 2.05) is 54.6 Å². The number of para-hydroxylation sites is 1. The molecule has 2 atom stereocenters. The first-order valence-corrected chi connectivity index (χ1v) is 7.39. The number of carbonyl (C=O) groups is 1. The van der Waals surface area contributed by atoms with Crippen molar-refractivity contribution in [2.45, 2.75) is 18.6 Å². The van der Waals surface area contributed by atoms with Crippen molar-refractivity contribution in [1.29, 1.82) is 0 Å². The van der Waals surface area contributed by atoms with E-state index in [4.69, 9.17) is 14.2 Å². The third kappa shape index (κ3) is 2.35. The number of esters is 1. The second-order valence-electron chi connectivity index (χ2n) is 5.74.